The van der Waals surface area contributed by atoms with Gasteiger partial charge >= 0.3 is 6.03 Å². The van der Waals surface area contributed by atoms with Crippen LogP contribution in [-0.2, 0) is 6.54 Å². The SMILES string of the molecule is COc1ccccc1N1CCN(C(=O)c2csc(CN(C(=O)Nc3ccc(Cl)cc3)C(C)C)n2)CC1. The summed E-state index contributed by atoms with van der Waals surface area (Å²) in [6, 6.07) is 14.6. The summed E-state index contributed by atoms with van der Waals surface area (Å²) in [4.78, 5) is 36.3. The maximum Gasteiger partial charge on any atom is 0.322 e. The smallest absolute Gasteiger partial charge is 0.322 e. The number of aromatic nitrogens is 1. The van der Waals surface area contributed by atoms with E-state index in [-0.39, 0.29) is 18.0 Å². The van der Waals surface area contributed by atoms with Crippen LogP contribution in [0.3, 0.4) is 0 Å². The van der Waals surface area contributed by atoms with E-state index < -0.39 is 0 Å². The summed E-state index contributed by atoms with van der Waals surface area (Å²) in [5, 5.41) is 5.99. The molecule has 2 aromatic carbocycles. The fourth-order valence-corrected chi connectivity index (χ4v) is 4.94. The minimum atomic E-state index is -0.233. The number of ether oxygens (including phenoxy) is 1. The summed E-state index contributed by atoms with van der Waals surface area (Å²) in [6.45, 7) is 6.85. The van der Waals surface area contributed by atoms with Gasteiger partial charge in [0, 0.05) is 48.3 Å². The molecule has 1 saturated heterocycles. The number of carbonyl (C=O) groups excluding carboxylic acids is 2. The molecule has 8 nitrogen and oxygen atoms in total. The first-order valence-corrected chi connectivity index (χ1v) is 13.1. The fourth-order valence-electron chi connectivity index (χ4n) is 4.05. The summed E-state index contributed by atoms with van der Waals surface area (Å²) in [5.74, 6) is 0.745. The first kappa shape index (κ1) is 25.8. The zero-order chi connectivity index (χ0) is 25.7. The monoisotopic (exact) mass is 527 g/mol. The fraction of sp³-hybridized carbons (Fsp3) is 0.346. The molecule has 3 amide bonds. The van der Waals surface area contributed by atoms with Crippen LogP contribution in [0.5, 0.6) is 5.75 Å². The zero-order valence-electron chi connectivity index (χ0n) is 20.6. The molecule has 1 aliphatic rings. The van der Waals surface area contributed by atoms with Crippen LogP contribution < -0.4 is 15.0 Å². The van der Waals surface area contributed by atoms with E-state index in [1.54, 1.807) is 41.7 Å². The Kier molecular flexibility index (Phi) is 8.32. The Hall–Kier alpha value is -3.30. The predicted octanol–water partition coefficient (Wildman–Crippen LogP) is 5.21. The van der Waals surface area contributed by atoms with Crippen molar-refractivity contribution in [3.63, 3.8) is 0 Å². The number of carbonyl (C=O) groups is 2. The summed E-state index contributed by atoms with van der Waals surface area (Å²) in [5.41, 5.74) is 2.12. The molecule has 3 aromatic rings. The van der Waals surface area contributed by atoms with Crippen LogP contribution in [0, 0.1) is 0 Å². The van der Waals surface area contributed by atoms with Crippen molar-refractivity contribution in [3.8, 4) is 5.75 Å². The second-order valence-electron chi connectivity index (χ2n) is 8.74. The minimum Gasteiger partial charge on any atom is -0.495 e. The molecule has 1 fully saturated rings. The van der Waals surface area contributed by atoms with Gasteiger partial charge in [0.15, 0.2) is 0 Å². The van der Waals surface area contributed by atoms with Gasteiger partial charge in [-0.15, -0.1) is 11.3 Å². The van der Waals surface area contributed by atoms with E-state index in [0.29, 0.717) is 41.0 Å². The molecular weight excluding hydrogens is 498 g/mol. The molecule has 190 valence electrons. The highest BCUT2D eigenvalue weighted by molar-refractivity contribution is 7.09. The molecule has 2 heterocycles. The number of hydrogen-bond donors (Lipinski definition) is 1. The number of nitrogens with zero attached hydrogens (tertiary/aromatic N) is 4. The summed E-state index contributed by atoms with van der Waals surface area (Å²) in [6.07, 6.45) is 0. The van der Waals surface area contributed by atoms with Gasteiger partial charge < -0.3 is 24.8 Å². The van der Waals surface area contributed by atoms with Crippen LogP contribution in [0.1, 0.15) is 29.3 Å². The lowest BCUT2D eigenvalue weighted by atomic mass is 10.2. The van der Waals surface area contributed by atoms with E-state index in [1.165, 1.54) is 11.3 Å². The number of halogens is 1. The molecule has 1 aromatic heterocycles. The lowest BCUT2D eigenvalue weighted by Crippen LogP contribution is -2.49. The summed E-state index contributed by atoms with van der Waals surface area (Å²) in [7, 11) is 1.67. The Morgan fingerprint density at radius 1 is 1.11 bits per heavy atom. The van der Waals surface area contributed by atoms with Crippen LogP contribution >= 0.6 is 22.9 Å². The lowest BCUT2D eigenvalue weighted by Gasteiger charge is -2.36. The number of methoxy groups -OCH3 is 1. The molecule has 0 unspecified atom stereocenters. The number of urea groups is 1. The predicted molar refractivity (Wildman–Crippen MR) is 144 cm³/mol. The van der Waals surface area contributed by atoms with E-state index in [1.807, 2.05) is 43.0 Å². The Morgan fingerprint density at radius 3 is 2.47 bits per heavy atom. The average Bonchev–Trinajstić information content (AvgIpc) is 3.37. The first-order chi connectivity index (χ1) is 17.4. The molecule has 10 heteroatoms. The molecule has 0 atom stereocenters. The van der Waals surface area contributed by atoms with Crippen LogP contribution in [0.25, 0.3) is 0 Å². The van der Waals surface area contributed by atoms with Gasteiger partial charge in [-0.1, -0.05) is 23.7 Å². The van der Waals surface area contributed by atoms with Crippen molar-refractivity contribution in [1.29, 1.82) is 0 Å². The van der Waals surface area contributed by atoms with Gasteiger partial charge in [0.25, 0.3) is 5.91 Å². The molecule has 0 bridgehead atoms. The highest BCUT2D eigenvalue weighted by Gasteiger charge is 2.26. The molecule has 1 aliphatic heterocycles. The number of piperazine rings is 1. The molecule has 0 aliphatic carbocycles. The number of anilines is 2. The van der Waals surface area contributed by atoms with Crippen molar-refractivity contribution >= 4 is 46.3 Å². The highest BCUT2D eigenvalue weighted by Crippen LogP contribution is 2.28. The number of thiazole rings is 1. The standard InChI is InChI=1S/C26H30ClN5O3S/c1-18(2)32(26(34)28-20-10-8-19(27)9-11-20)16-24-29-21(17-36-24)25(33)31-14-12-30(13-15-31)22-6-4-5-7-23(22)35-3/h4-11,17-18H,12-16H2,1-3H3,(H,28,34). The lowest BCUT2D eigenvalue weighted by molar-refractivity contribution is 0.0741. The number of nitrogens with one attached hydrogen (secondary N) is 1. The molecule has 1 N–H and O–H groups in total. The Balaban J connectivity index is 1.36. The topological polar surface area (TPSA) is 78.0 Å². The third-order valence-electron chi connectivity index (χ3n) is 6.05. The normalized spacial score (nSPS) is 13.6. The maximum absolute atomic E-state index is 13.1. The van der Waals surface area contributed by atoms with Gasteiger partial charge in [0.2, 0.25) is 0 Å². The molecule has 36 heavy (non-hydrogen) atoms. The molecule has 0 spiro atoms. The Labute approximate surface area is 220 Å². The van der Waals surface area contributed by atoms with Crippen LogP contribution in [0.4, 0.5) is 16.2 Å². The van der Waals surface area contributed by atoms with Crippen molar-refractivity contribution < 1.29 is 14.3 Å². The molecule has 4 rings (SSSR count). The largest absolute Gasteiger partial charge is 0.495 e. The number of rotatable bonds is 7. The molecular formula is C26H30ClN5O3S. The average molecular weight is 528 g/mol. The maximum atomic E-state index is 13.1. The van der Waals surface area contributed by atoms with E-state index in [0.717, 1.165) is 24.5 Å². The van der Waals surface area contributed by atoms with E-state index in [2.05, 4.69) is 15.2 Å². The third kappa shape index (κ3) is 6.09. The van der Waals surface area contributed by atoms with Crippen molar-refractivity contribution in [2.24, 2.45) is 0 Å². The number of amides is 3. The van der Waals surface area contributed by atoms with Crippen molar-refractivity contribution in [2.45, 2.75) is 26.4 Å². The van der Waals surface area contributed by atoms with Crippen molar-refractivity contribution in [2.75, 3.05) is 43.5 Å². The third-order valence-corrected chi connectivity index (χ3v) is 7.13. The number of para-hydroxylation sites is 2. The second kappa shape index (κ2) is 11.6. The number of hydrogen-bond acceptors (Lipinski definition) is 6. The van der Waals surface area contributed by atoms with Crippen molar-refractivity contribution in [1.82, 2.24) is 14.8 Å². The van der Waals surface area contributed by atoms with Gasteiger partial charge in [-0.2, -0.15) is 0 Å². The summed E-state index contributed by atoms with van der Waals surface area (Å²) < 4.78 is 5.48. The van der Waals surface area contributed by atoms with Gasteiger partial charge in [-0.25, -0.2) is 9.78 Å². The van der Waals surface area contributed by atoms with Gasteiger partial charge in [-0.3, -0.25) is 4.79 Å². The highest BCUT2D eigenvalue weighted by atomic mass is 35.5. The van der Waals surface area contributed by atoms with Gasteiger partial charge in [0.1, 0.15) is 16.5 Å². The van der Waals surface area contributed by atoms with Crippen LogP contribution in [0.15, 0.2) is 53.9 Å². The number of benzene rings is 2. The van der Waals surface area contributed by atoms with E-state index in [9.17, 15) is 9.59 Å². The Morgan fingerprint density at radius 2 is 1.81 bits per heavy atom. The van der Waals surface area contributed by atoms with Crippen LogP contribution in [-0.4, -0.2) is 66.1 Å². The quantitative estimate of drug-likeness (QED) is 0.456. The van der Waals surface area contributed by atoms with Gasteiger partial charge in [0.05, 0.1) is 19.3 Å². The zero-order valence-corrected chi connectivity index (χ0v) is 22.2. The van der Waals surface area contributed by atoms with Crippen LogP contribution in [0.2, 0.25) is 5.02 Å². The van der Waals surface area contributed by atoms with Crippen molar-refractivity contribution in [3.05, 3.63) is 69.6 Å². The van der Waals surface area contributed by atoms with Gasteiger partial charge in [-0.05, 0) is 50.2 Å². The summed E-state index contributed by atoms with van der Waals surface area (Å²) >= 11 is 7.32. The Bertz CT molecular complexity index is 1190. The second-order valence-corrected chi connectivity index (χ2v) is 10.1. The van der Waals surface area contributed by atoms with E-state index >= 15 is 0 Å². The first-order valence-electron chi connectivity index (χ1n) is 11.8. The minimum absolute atomic E-state index is 0.0524. The molecule has 0 radical (unpaired) electrons. The molecule has 0 saturated carbocycles. The van der Waals surface area contributed by atoms with E-state index in [4.69, 9.17) is 16.3 Å².